The predicted octanol–water partition coefficient (Wildman–Crippen LogP) is 1.74. The van der Waals surface area contributed by atoms with E-state index in [1.54, 1.807) is 20.8 Å². The van der Waals surface area contributed by atoms with Gasteiger partial charge in [0.1, 0.15) is 5.60 Å². The van der Waals surface area contributed by atoms with E-state index in [0.717, 1.165) is 4.90 Å². The molecule has 1 amide bonds. The highest BCUT2D eigenvalue weighted by molar-refractivity contribution is 5.68. The van der Waals surface area contributed by atoms with Gasteiger partial charge in [-0.2, -0.15) is 13.2 Å². The Morgan fingerprint density at radius 1 is 1.29 bits per heavy atom. The molecular weight excluding hydrogens is 237 g/mol. The quantitative estimate of drug-likeness (QED) is 0.716. The molecule has 1 saturated heterocycles. The minimum absolute atomic E-state index is 0.126. The molecule has 0 aliphatic carbocycles. The number of likely N-dealkylation sites (tertiary alicyclic amines) is 1. The summed E-state index contributed by atoms with van der Waals surface area (Å²) in [6.07, 6.45) is -5.13. The van der Waals surface area contributed by atoms with Crippen LogP contribution in [-0.4, -0.2) is 41.9 Å². The van der Waals surface area contributed by atoms with Crippen LogP contribution in [0.15, 0.2) is 0 Å². The van der Waals surface area contributed by atoms with Gasteiger partial charge in [-0.05, 0) is 20.8 Å². The Bertz CT molecular complexity index is 299. The Kier molecular flexibility index (Phi) is 3.61. The third-order valence-corrected chi connectivity index (χ3v) is 2.44. The van der Waals surface area contributed by atoms with Crippen LogP contribution in [0.3, 0.4) is 0 Å². The fraction of sp³-hybridized carbons (Fsp3) is 0.900. The van der Waals surface area contributed by atoms with Crippen LogP contribution < -0.4 is 5.73 Å². The molecule has 0 unspecified atom stereocenters. The van der Waals surface area contributed by atoms with E-state index in [2.05, 4.69) is 0 Å². The van der Waals surface area contributed by atoms with Gasteiger partial charge in [-0.1, -0.05) is 0 Å². The van der Waals surface area contributed by atoms with E-state index in [-0.39, 0.29) is 6.54 Å². The SMILES string of the molecule is CC(C)(C)OC(=O)N1C[C@H](N)[C@@H](C(F)(F)F)C1. The maximum atomic E-state index is 12.5. The number of hydrogen-bond donors (Lipinski definition) is 1. The van der Waals surface area contributed by atoms with Gasteiger partial charge in [0.2, 0.25) is 0 Å². The van der Waals surface area contributed by atoms with Crippen LogP contribution in [0.1, 0.15) is 20.8 Å². The molecule has 0 aromatic carbocycles. The lowest BCUT2D eigenvalue weighted by Gasteiger charge is -2.24. The van der Waals surface area contributed by atoms with E-state index >= 15 is 0 Å². The molecule has 0 aromatic heterocycles. The second kappa shape index (κ2) is 4.36. The summed E-state index contributed by atoms with van der Waals surface area (Å²) in [6, 6.07) is -1.08. The Morgan fingerprint density at radius 3 is 2.18 bits per heavy atom. The van der Waals surface area contributed by atoms with Crippen molar-refractivity contribution in [3.63, 3.8) is 0 Å². The van der Waals surface area contributed by atoms with Gasteiger partial charge < -0.3 is 15.4 Å². The summed E-state index contributed by atoms with van der Waals surface area (Å²) in [5.41, 5.74) is 4.66. The minimum Gasteiger partial charge on any atom is -0.444 e. The molecule has 2 atom stereocenters. The van der Waals surface area contributed by atoms with Crippen LogP contribution >= 0.6 is 0 Å². The monoisotopic (exact) mass is 254 g/mol. The molecule has 2 N–H and O–H groups in total. The Hall–Kier alpha value is -0.980. The summed E-state index contributed by atoms with van der Waals surface area (Å²) >= 11 is 0. The highest BCUT2D eigenvalue weighted by Crippen LogP contribution is 2.33. The first kappa shape index (κ1) is 14.1. The highest BCUT2D eigenvalue weighted by Gasteiger charge is 2.50. The lowest BCUT2D eigenvalue weighted by atomic mass is 10.1. The van der Waals surface area contributed by atoms with Crippen LogP contribution in [0.25, 0.3) is 0 Å². The van der Waals surface area contributed by atoms with Crippen molar-refractivity contribution < 1.29 is 22.7 Å². The summed E-state index contributed by atoms with van der Waals surface area (Å²) in [4.78, 5) is 12.6. The smallest absolute Gasteiger partial charge is 0.410 e. The molecule has 0 spiro atoms. The first-order valence-corrected chi connectivity index (χ1v) is 5.31. The van der Waals surface area contributed by atoms with E-state index < -0.39 is 36.4 Å². The normalized spacial score (nSPS) is 26.2. The molecule has 7 heteroatoms. The van der Waals surface area contributed by atoms with Gasteiger partial charge in [0.25, 0.3) is 0 Å². The van der Waals surface area contributed by atoms with Crippen molar-refractivity contribution in [3.05, 3.63) is 0 Å². The highest BCUT2D eigenvalue weighted by atomic mass is 19.4. The number of ether oxygens (including phenoxy) is 1. The van der Waals surface area contributed by atoms with Gasteiger partial charge in [-0.25, -0.2) is 4.79 Å². The van der Waals surface area contributed by atoms with Crippen molar-refractivity contribution in [2.24, 2.45) is 11.7 Å². The molecule has 0 bridgehead atoms. The van der Waals surface area contributed by atoms with Crippen LogP contribution in [0.5, 0.6) is 0 Å². The number of alkyl halides is 3. The van der Waals surface area contributed by atoms with Gasteiger partial charge in [-0.15, -0.1) is 0 Å². The fourth-order valence-electron chi connectivity index (χ4n) is 1.65. The zero-order chi connectivity index (χ0) is 13.4. The maximum absolute atomic E-state index is 12.5. The van der Waals surface area contributed by atoms with Gasteiger partial charge in [0, 0.05) is 19.1 Å². The summed E-state index contributed by atoms with van der Waals surface area (Å²) < 4.78 is 42.6. The van der Waals surface area contributed by atoms with E-state index in [9.17, 15) is 18.0 Å². The largest absolute Gasteiger partial charge is 0.444 e. The third kappa shape index (κ3) is 3.76. The number of nitrogens with two attached hydrogens (primary N) is 1. The van der Waals surface area contributed by atoms with Crippen LogP contribution in [0.4, 0.5) is 18.0 Å². The van der Waals surface area contributed by atoms with Gasteiger partial charge >= 0.3 is 12.3 Å². The third-order valence-electron chi connectivity index (χ3n) is 2.44. The number of rotatable bonds is 0. The molecule has 0 saturated carbocycles. The zero-order valence-corrected chi connectivity index (χ0v) is 10.0. The van der Waals surface area contributed by atoms with E-state index in [4.69, 9.17) is 10.5 Å². The standard InChI is InChI=1S/C10H17F3N2O2/c1-9(2,3)17-8(16)15-4-6(7(14)5-15)10(11,12)13/h6-7H,4-5,14H2,1-3H3/t6-,7-/m0/s1. The predicted molar refractivity (Wildman–Crippen MR) is 55.3 cm³/mol. The average molecular weight is 254 g/mol. The number of carbonyl (C=O) groups excluding carboxylic acids is 1. The molecule has 1 heterocycles. The van der Waals surface area contributed by atoms with Crippen molar-refractivity contribution in [1.82, 2.24) is 4.90 Å². The van der Waals surface area contributed by atoms with Gasteiger partial charge in [0.05, 0.1) is 5.92 Å². The number of hydrogen-bond acceptors (Lipinski definition) is 3. The van der Waals surface area contributed by atoms with Crippen molar-refractivity contribution >= 4 is 6.09 Å². The molecule has 1 aliphatic heterocycles. The number of halogens is 3. The fourth-order valence-corrected chi connectivity index (χ4v) is 1.65. The second-order valence-electron chi connectivity index (χ2n) is 5.20. The Morgan fingerprint density at radius 2 is 1.82 bits per heavy atom. The van der Waals surface area contributed by atoms with Crippen molar-refractivity contribution in [2.45, 2.75) is 38.6 Å². The number of nitrogens with zero attached hydrogens (tertiary/aromatic N) is 1. The first-order valence-electron chi connectivity index (χ1n) is 5.31. The zero-order valence-electron chi connectivity index (χ0n) is 10.0. The Labute approximate surface area is 97.9 Å². The molecule has 1 rings (SSSR count). The van der Waals surface area contributed by atoms with Crippen molar-refractivity contribution in [1.29, 1.82) is 0 Å². The Balaban J connectivity index is 2.63. The van der Waals surface area contributed by atoms with Crippen molar-refractivity contribution in [3.8, 4) is 0 Å². The van der Waals surface area contributed by atoms with Crippen molar-refractivity contribution in [2.75, 3.05) is 13.1 Å². The van der Waals surface area contributed by atoms with E-state index in [0.29, 0.717) is 0 Å². The maximum Gasteiger partial charge on any atom is 0.410 e. The molecule has 17 heavy (non-hydrogen) atoms. The summed E-state index contributed by atoms with van der Waals surface area (Å²) in [5.74, 6) is -1.67. The molecule has 1 aliphatic rings. The molecule has 1 fully saturated rings. The lowest BCUT2D eigenvalue weighted by molar-refractivity contribution is -0.173. The van der Waals surface area contributed by atoms with Crippen LogP contribution in [0, 0.1) is 5.92 Å². The van der Waals surface area contributed by atoms with Gasteiger partial charge in [0.15, 0.2) is 0 Å². The average Bonchev–Trinajstić information content (AvgIpc) is 2.42. The van der Waals surface area contributed by atoms with Crippen LogP contribution in [0.2, 0.25) is 0 Å². The summed E-state index contributed by atoms with van der Waals surface area (Å²) in [7, 11) is 0. The van der Waals surface area contributed by atoms with Gasteiger partial charge in [-0.3, -0.25) is 0 Å². The summed E-state index contributed by atoms with van der Waals surface area (Å²) in [6.45, 7) is 4.41. The number of carbonyl (C=O) groups is 1. The topological polar surface area (TPSA) is 55.6 Å². The molecule has 0 radical (unpaired) electrons. The molecular formula is C10H17F3N2O2. The molecule has 4 nitrogen and oxygen atoms in total. The minimum atomic E-state index is -4.38. The molecule has 100 valence electrons. The number of amides is 1. The first-order chi connectivity index (χ1) is 7.50. The van der Waals surface area contributed by atoms with E-state index in [1.165, 1.54) is 0 Å². The molecule has 0 aromatic rings. The lowest BCUT2D eigenvalue weighted by Crippen LogP contribution is -2.38. The summed E-state index contributed by atoms with van der Waals surface area (Å²) in [5, 5.41) is 0. The van der Waals surface area contributed by atoms with Crippen LogP contribution in [-0.2, 0) is 4.74 Å². The second-order valence-corrected chi connectivity index (χ2v) is 5.20. The van der Waals surface area contributed by atoms with E-state index in [1.807, 2.05) is 0 Å².